The average Bonchev–Trinajstić information content (AvgIpc) is 3.02. The molecule has 2 heterocycles. The monoisotopic (exact) mass is 329 g/mol. The number of thioether (sulfide) groups is 1. The number of ether oxygens (including phenoxy) is 1. The van der Waals surface area contributed by atoms with Gasteiger partial charge >= 0.3 is 5.97 Å². The fourth-order valence-corrected chi connectivity index (χ4v) is 2.73. The number of hydrogen-bond donors (Lipinski definition) is 0. The smallest absolute Gasteiger partial charge is 0.316 e. The number of aromatic nitrogens is 5. The maximum Gasteiger partial charge on any atom is 0.316 e. The Morgan fingerprint density at radius 3 is 2.87 bits per heavy atom. The highest BCUT2D eigenvalue weighted by atomic mass is 32.2. The molecule has 0 N–H and O–H groups in total. The molecule has 0 fully saturated rings. The van der Waals surface area contributed by atoms with E-state index in [0.29, 0.717) is 22.7 Å². The van der Waals surface area contributed by atoms with E-state index in [2.05, 4.69) is 20.3 Å². The van der Waals surface area contributed by atoms with Gasteiger partial charge in [-0.3, -0.25) is 4.79 Å². The van der Waals surface area contributed by atoms with Crippen LogP contribution in [0.3, 0.4) is 0 Å². The number of aryl methyl sites for hydroxylation is 1. The predicted molar refractivity (Wildman–Crippen MR) is 85.8 cm³/mol. The van der Waals surface area contributed by atoms with E-state index >= 15 is 0 Å². The first-order valence-corrected chi connectivity index (χ1v) is 8.13. The lowest BCUT2D eigenvalue weighted by atomic mass is 10.2. The Labute approximate surface area is 137 Å². The summed E-state index contributed by atoms with van der Waals surface area (Å²) in [5, 5.41) is 8.72. The van der Waals surface area contributed by atoms with Crippen LogP contribution in [0.5, 0.6) is 0 Å². The Balaban J connectivity index is 1.60. The van der Waals surface area contributed by atoms with Crippen molar-refractivity contribution in [1.82, 2.24) is 25.0 Å². The molecule has 3 rings (SSSR count). The number of benzene rings is 1. The topological polar surface area (TPSA) is 82.8 Å². The Morgan fingerprint density at radius 2 is 2.09 bits per heavy atom. The largest absolute Gasteiger partial charge is 0.460 e. The maximum absolute atomic E-state index is 11.9. The summed E-state index contributed by atoms with van der Waals surface area (Å²) < 4.78 is 6.93. The van der Waals surface area contributed by atoms with Crippen molar-refractivity contribution in [1.29, 1.82) is 0 Å². The summed E-state index contributed by atoms with van der Waals surface area (Å²) in [6, 6.07) is 9.57. The van der Waals surface area contributed by atoms with Crippen LogP contribution in [-0.2, 0) is 22.7 Å². The van der Waals surface area contributed by atoms with Gasteiger partial charge in [-0.25, -0.2) is 14.6 Å². The minimum atomic E-state index is -0.298. The van der Waals surface area contributed by atoms with E-state index in [1.807, 2.05) is 37.3 Å². The van der Waals surface area contributed by atoms with Crippen LogP contribution in [-0.4, -0.2) is 36.7 Å². The molecule has 0 radical (unpaired) electrons. The quantitative estimate of drug-likeness (QED) is 0.389. The van der Waals surface area contributed by atoms with E-state index in [0.717, 1.165) is 5.56 Å². The first-order valence-electron chi connectivity index (χ1n) is 7.14. The van der Waals surface area contributed by atoms with Gasteiger partial charge in [0.2, 0.25) is 0 Å². The zero-order valence-electron chi connectivity index (χ0n) is 12.5. The second-order valence-corrected chi connectivity index (χ2v) is 5.66. The van der Waals surface area contributed by atoms with Crippen molar-refractivity contribution in [2.45, 2.75) is 25.1 Å². The van der Waals surface area contributed by atoms with Crippen molar-refractivity contribution in [3.05, 3.63) is 42.2 Å². The van der Waals surface area contributed by atoms with Crippen molar-refractivity contribution in [2.24, 2.45) is 0 Å². The van der Waals surface area contributed by atoms with Gasteiger partial charge in [0.25, 0.3) is 0 Å². The molecule has 8 heteroatoms. The van der Waals surface area contributed by atoms with Crippen LogP contribution < -0.4 is 0 Å². The molecule has 3 aromatic rings. The Bertz CT molecular complexity index is 806. The molecule has 2 aromatic heterocycles. The summed E-state index contributed by atoms with van der Waals surface area (Å²) in [5.41, 5.74) is 2.24. The third-order valence-electron chi connectivity index (χ3n) is 3.14. The van der Waals surface area contributed by atoms with Crippen molar-refractivity contribution in [3.8, 4) is 0 Å². The van der Waals surface area contributed by atoms with E-state index in [1.54, 1.807) is 4.68 Å². The molecule has 118 valence electrons. The van der Waals surface area contributed by atoms with E-state index in [4.69, 9.17) is 4.74 Å². The standard InChI is InChI=1S/C15H15N5O2S/c1-2-20-14-13(18-19-20)15(17-10-16-14)23-9-12(21)22-8-11-6-4-3-5-7-11/h3-7,10H,2,8-9H2,1H3. The van der Waals surface area contributed by atoms with Crippen molar-refractivity contribution >= 4 is 28.9 Å². The Kier molecular flexibility index (Phi) is 4.82. The van der Waals surface area contributed by atoms with Crippen LogP contribution in [0.2, 0.25) is 0 Å². The van der Waals surface area contributed by atoms with Gasteiger partial charge in [-0.15, -0.1) is 5.10 Å². The Hall–Kier alpha value is -2.48. The summed E-state index contributed by atoms with van der Waals surface area (Å²) in [6.45, 7) is 2.91. The second-order valence-electron chi connectivity index (χ2n) is 4.69. The number of carbonyl (C=O) groups excluding carboxylic acids is 1. The van der Waals surface area contributed by atoms with Gasteiger partial charge in [-0.2, -0.15) is 0 Å². The van der Waals surface area contributed by atoms with Crippen molar-refractivity contribution in [2.75, 3.05) is 5.75 Å². The van der Waals surface area contributed by atoms with Gasteiger partial charge in [0.05, 0.1) is 5.75 Å². The molecular formula is C15H15N5O2S. The third kappa shape index (κ3) is 3.65. The molecule has 23 heavy (non-hydrogen) atoms. The summed E-state index contributed by atoms with van der Waals surface area (Å²) >= 11 is 1.28. The lowest BCUT2D eigenvalue weighted by molar-refractivity contribution is -0.141. The number of carbonyl (C=O) groups is 1. The fourth-order valence-electron chi connectivity index (χ4n) is 2.00. The van der Waals surface area contributed by atoms with E-state index in [1.165, 1.54) is 18.1 Å². The third-order valence-corrected chi connectivity index (χ3v) is 4.09. The van der Waals surface area contributed by atoms with Crippen LogP contribution in [0.15, 0.2) is 41.7 Å². The maximum atomic E-state index is 11.9. The number of nitrogens with zero attached hydrogens (tertiary/aromatic N) is 5. The minimum absolute atomic E-state index is 0.165. The lowest BCUT2D eigenvalue weighted by Gasteiger charge is -2.04. The molecule has 0 aliphatic heterocycles. The minimum Gasteiger partial charge on any atom is -0.460 e. The number of fused-ring (bicyclic) bond motifs is 1. The van der Waals surface area contributed by atoms with E-state index in [9.17, 15) is 4.79 Å². The van der Waals surface area contributed by atoms with Gasteiger partial charge < -0.3 is 4.74 Å². The van der Waals surface area contributed by atoms with Crippen LogP contribution in [0.4, 0.5) is 0 Å². The van der Waals surface area contributed by atoms with Crippen LogP contribution in [0, 0.1) is 0 Å². The highest BCUT2D eigenvalue weighted by Gasteiger charge is 2.13. The molecule has 0 amide bonds. The molecule has 0 aliphatic rings. The number of esters is 1. The zero-order valence-corrected chi connectivity index (χ0v) is 13.4. The summed E-state index contributed by atoms with van der Waals surface area (Å²) in [6.07, 6.45) is 1.45. The van der Waals surface area contributed by atoms with E-state index in [-0.39, 0.29) is 18.3 Å². The normalized spacial score (nSPS) is 10.8. The molecule has 0 spiro atoms. The number of hydrogen-bond acceptors (Lipinski definition) is 7. The summed E-state index contributed by atoms with van der Waals surface area (Å²) in [4.78, 5) is 20.2. The zero-order chi connectivity index (χ0) is 16.1. The summed E-state index contributed by atoms with van der Waals surface area (Å²) in [7, 11) is 0. The highest BCUT2D eigenvalue weighted by molar-refractivity contribution is 8.00. The predicted octanol–water partition coefficient (Wildman–Crippen LogP) is 2.08. The molecular weight excluding hydrogens is 314 g/mol. The SMILES string of the molecule is CCn1nnc2c(SCC(=O)OCc3ccccc3)ncnc21. The van der Waals surface area contributed by atoms with Crippen molar-refractivity contribution in [3.63, 3.8) is 0 Å². The Morgan fingerprint density at radius 1 is 1.26 bits per heavy atom. The number of rotatable bonds is 6. The van der Waals surface area contributed by atoms with Gasteiger partial charge in [-0.05, 0) is 12.5 Å². The molecule has 7 nitrogen and oxygen atoms in total. The summed E-state index contributed by atoms with van der Waals surface area (Å²) in [5.74, 6) is -0.133. The van der Waals surface area contributed by atoms with Gasteiger partial charge in [0.15, 0.2) is 11.2 Å². The molecule has 0 saturated carbocycles. The molecule has 0 aliphatic carbocycles. The van der Waals surface area contributed by atoms with Crippen LogP contribution in [0.25, 0.3) is 11.2 Å². The van der Waals surface area contributed by atoms with E-state index < -0.39 is 0 Å². The molecule has 0 atom stereocenters. The second kappa shape index (κ2) is 7.19. The molecule has 0 unspecified atom stereocenters. The van der Waals surface area contributed by atoms with Crippen LogP contribution in [0.1, 0.15) is 12.5 Å². The highest BCUT2D eigenvalue weighted by Crippen LogP contribution is 2.22. The van der Waals surface area contributed by atoms with Crippen LogP contribution >= 0.6 is 11.8 Å². The lowest BCUT2D eigenvalue weighted by Crippen LogP contribution is -2.07. The molecule has 0 saturated heterocycles. The fraction of sp³-hybridized carbons (Fsp3) is 0.267. The van der Waals surface area contributed by atoms with Gasteiger partial charge in [-0.1, -0.05) is 47.3 Å². The molecule has 1 aromatic carbocycles. The van der Waals surface area contributed by atoms with Gasteiger partial charge in [0.1, 0.15) is 18.0 Å². The van der Waals surface area contributed by atoms with Gasteiger partial charge in [0, 0.05) is 6.54 Å². The first kappa shape index (κ1) is 15.4. The first-order chi connectivity index (χ1) is 11.3. The average molecular weight is 329 g/mol. The van der Waals surface area contributed by atoms with Crippen molar-refractivity contribution < 1.29 is 9.53 Å². The molecule has 0 bridgehead atoms.